The number of benzene rings is 2. The van der Waals surface area contributed by atoms with Gasteiger partial charge in [0.15, 0.2) is 0 Å². The van der Waals surface area contributed by atoms with E-state index in [0.29, 0.717) is 0 Å². The standard InChI is InChI=1S/C16H15ClN2O3S/c1-10-3-6-15(11(2)7-10)23-9-16(20)18-13-5-4-12(17)8-14(13)19(21)22/h3-8H,9H2,1-2H3,(H,18,20). The van der Waals surface area contributed by atoms with Crippen molar-refractivity contribution in [1.82, 2.24) is 0 Å². The molecule has 0 bridgehead atoms. The van der Waals surface area contributed by atoms with Gasteiger partial charge in [-0.3, -0.25) is 14.9 Å². The normalized spacial score (nSPS) is 10.4. The van der Waals surface area contributed by atoms with Gasteiger partial charge in [0, 0.05) is 16.0 Å². The number of aryl methyl sites for hydroxylation is 2. The molecule has 2 rings (SSSR count). The van der Waals surface area contributed by atoms with Gasteiger partial charge in [0.2, 0.25) is 5.91 Å². The molecule has 0 radical (unpaired) electrons. The maximum Gasteiger partial charge on any atom is 0.294 e. The predicted octanol–water partition coefficient (Wildman–Crippen LogP) is 4.60. The van der Waals surface area contributed by atoms with Gasteiger partial charge in [0.1, 0.15) is 5.69 Å². The van der Waals surface area contributed by atoms with Gasteiger partial charge in [-0.25, -0.2) is 0 Å². The van der Waals surface area contributed by atoms with Gasteiger partial charge in [-0.1, -0.05) is 29.3 Å². The molecule has 0 saturated carbocycles. The highest BCUT2D eigenvalue weighted by atomic mass is 35.5. The Bertz CT molecular complexity index is 765. The quantitative estimate of drug-likeness (QED) is 0.486. The highest BCUT2D eigenvalue weighted by Crippen LogP contribution is 2.28. The molecule has 0 fully saturated rings. The van der Waals surface area contributed by atoms with Crippen molar-refractivity contribution in [3.05, 3.63) is 62.7 Å². The molecule has 0 spiro atoms. The molecular formula is C16H15ClN2O3S. The van der Waals surface area contributed by atoms with Crippen molar-refractivity contribution >= 4 is 40.6 Å². The van der Waals surface area contributed by atoms with Gasteiger partial charge < -0.3 is 5.32 Å². The number of anilines is 1. The van der Waals surface area contributed by atoms with Gasteiger partial charge >= 0.3 is 0 Å². The first-order valence-electron chi connectivity index (χ1n) is 6.80. The molecule has 0 unspecified atom stereocenters. The molecule has 1 amide bonds. The van der Waals surface area contributed by atoms with Crippen LogP contribution in [0.15, 0.2) is 41.3 Å². The lowest BCUT2D eigenvalue weighted by Crippen LogP contribution is -2.15. The number of nitrogens with zero attached hydrogens (tertiary/aromatic N) is 1. The van der Waals surface area contributed by atoms with E-state index < -0.39 is 4.92 Å². The number of halogens is 1. The Morgan fingerprint density at radius 1 is 1.26 bits per heavy atom. The monoisotopic (exact) mass is 350 g/mol. The third-order valence-electron chi connectivity index (χ3n) is 3.12. The maximum atomic E-state index is 12.0. The molecule has 0 aromatic heterocycles. The molecule has 2 aromatic rings. The molecule has 0 heterocycles. The fourth-order valence-corrected chi connectivity index (χ4v) is 3.03. The van der Waals surface area contributed by atoms with Crippen LogP contribution >= 0.6 is 23.4 Å². The van der Waals surface area contributed by atoms with Crippen molar-refractivity contribution in [2.45, 2.75) is 18.7 Å². The SMILES string of the molecule is Cc1ccc(SCC(=O)Nc2ccc(Cl)cc2[N+](=O)[O-])c(C)c1. The summed E-state index contributed by atoms with van der Waals surface area (Å²) in [7, 11) is 0. The number of carbonyl (C=O) groups excluding carboxylic acids is 1. The Kier molecular flexibility index (Phi) is 5.63. The zero-order chi connectivity index (χ0) is 17.0. The van der Waals surface area contributed by atoms with Gasteiger partial charge in [0.25, 0.3) is 5.69 Å². The van der Waals surface area contributed by atoms with Crippen LogP contribution in [0, 0.1) is 24.0 Å². The lowest BCUT2D eigenvalue weighted by Gasteiger charge is -2.08. The zero-order valence-electron chi connectivity index (χ0n) is 12.6. The van der Waals surface area contributed by atoms with E-state index in [4.69, 9.17) is 11.6 Å². The lowest BCUT2D eigenvalue weighted by atomic mass is 10.2. The van der Waals surface area contributed by atoms with Crippen LogP contribution in [-0.2, 0) is 4.79 Å². The molecule has 7 heteroatoms. The summed E-state index contributed by atoms with van der Waals surface area (Å²) in [5, 5.41) is 13.8. The zero-order valence-corrected chi connectivity index (χ0v) is 14.2. The minimum absolute atomic E-state index is 0.144. The van der Waals surface area contributed by atoms with Crippen LogP contribution in [0.25, 0.3) is 0 Å². The summed E-state index contributed by atoms with van der Waals surface area (Å²) in [6.45, 7) is 3.99. The first-order chi connectivity index (χ1) is 10.9. The third kappa shape index (κ3) is 4.71. The Labute approximate surface area is 143 Å². The van der Waals surface area contributed by atoms with Gasteiger partial charge in [-0.15, -0.1) is 11.8 Å². The number of carbonyl (C=O) groups is 1. The van der Waals surface area contributed by atoms with E-state index in [0.717, 1.165) is 16.0 Å². The predicted molar refractivity (Wildman–Crippen MR) is 93.4 cm³/mol. The highest BCUT2D eigenvalue weighted by molar-refractivity contribution is 8.00. The van der Waals surface area contributed by atoms with E-state index in [1.54, 1.807) is 0 Å². The summed E-state index contributed by atoms with van der Waals surface area (Å²) in [6.07, 6.45) is 0. The Morgan fingerprint density at radius 3 is 2.65 bits per heavy atom. The summed E-state index contributed by atoms with van der Waals surface area (Å²) >= 11 is 7.14. The Morgan fingerprint density at radius 2 is 2.00 bits per heavy atom. The molecular weight excluding hydrogens is 336 g/mol. The maximum absolute atomic E-state index is 12.0. The van der Waals surface area contributed by atoms with Crippen molar-refractivity contribution in [2.24, 2.45) is 0 Å². The second kappa shape index (κ2) is 7.48. The summed E-state index contributed by atoms with van der Waals surface area (Å²) in [6, 6.07) is 10.1. The van der Waals surface area contributed by atoms with Crippen LogP contribution in [0.3, 0.4) is 0 Å². The van der Waals surface area contributed by atoms with Crippen LogP contribution in [0.5, 0.6) is 0 Å². The summed E-state index contributed by atoms with van der Waals surface area (Å²) < 4.78 is 0. The summed E-state index contributed by atoms with van der Waals surface area (Å²) in [5.41, 5.74) is 2.18. The second-order valence-electron chi connectivity index (χ2n) is 5.02. The number of hydrogen-bond donors (Lipinski definition) is 1. The largest absolute Gasteiger partial charge is 0.320 e. The van der Waals surface area contributed by atoms with Crippen molar-refractivity contribution in [3.63, 3.8) is 0 Å². The van der Waals surface area contributed by atoms with Crippen molar-refractivity contribution in [2.75, 3.05) is 11.1 Å². The van der Waals surface area contributed by atoms with Gasteiger partial charge in [-0.2, -0.15) is 0 Å². The topological polar surface area (TPSA) is 72.2 Å². The number of rotatable bonds is 5. The lowest BCUT2D eigenvalue weighted by molar-refractivity contribution is -0.383. The molecule has 120 valence electrons. The number of thioether (sulfide) groups is 1. The first kappa shape index (κ1) is 17.3. The number of nitro groups is 1. The molecule has 0 aliphatic carbocycles. The van der Waals surface area contributed by atoms with E-state index in [1.165, 1.54) is 30.0 Å². The molecule has 1 N–H and O–H groups in total. The van der Waals surface area contributed by atoms with E-state index in [2.05, 4.69) is 5.32 Å². The molecule has 0 atom stereocenters. The smallest absolute Gasteiger partial charge is 0.294 e. The van der Waals surface area contributed by atoms with Crippen LogP contribution in [0.1, 0.15) is 11.1 Å². The van der Waals surface area contributed by atoms with E-state index in [-0.39, 0.29) is 28.1 Å². The average molecular weight is 351 g/mol. The molecule has 2 aromatic carbocycles. The molecule has 0 aliphatic heterocycles. The minimum Gasteiger partial charge on any atom is -0.320 e. The van der Waals surface area contributed by atoms with Gasteiger partial charge in [0.05, 0.1) is 10.7 Å². The van der Waals surface area contributed by atoms with Crippen LogP contribution in [0.4, 0.5) is 11.4 Å². The van der Waals surface area contributed by atoms with Crippen molar-refractivity contribution < 1.29 is 9.72 Å². The van der Waals surface area contributed by atoms with Crippen molar-refractivity contribution in [3.8, 4) is 0 Å². The third-order valence-corrected chi connectivity index (χ3v) is 4.53. The fraction of sp³-hybridized carbons (Fsp3) is 0.188. The Hall–Kier alpha value is -2.05. The van der Waals surface area contributed by atoms with Crippen LogP contribution in [0.2, 0.25) is 5.02 Å². The molecule has 0 aliphatic rings. The second-order valence-corrected chi connectivity index (χ2v) is 6.48. The first-order valence-corrected chi connectivity index (χ1v) is 8.17. The summed E-state index contributed by atoms with van der Waals surface area (Å²) in [4.78, 5) is 23.5. The number of amides is 1. The van der Waals surface area contributed by atoms with E-state index in [1.807, 2.05) is 32.0 Å². The van der Waals surface area contributed by atoms with Crippen molar-refractivity contribution in [1.29, 1.82) is 0 Å². The molecule has 0 saturated heterocycles. The van der Waals surface area contributed by atoms with Gasteiger partial charge in [-0.05, 0) is 37.6 Å². The van der Waals surface area contributed by atoms with Crippen LogP contribution in [-0.4, -0.2) is 16.6 Å². The average Bonchev–Trinajstić information content (AvgIpc) is 2.48. The summed E-state index contributed by atoms with van der Waals surface area (Å²) in [5.74, 6) is -0.135. The minimum atomic E-state index is -0.571. The Balaban J connectivity index is 2.04. The fourth-order valence-electron chi connectivity index (χ4n) is 2.05. The van der Waals surface area contributed by atoms with Crippen LogP contribution < -0.4 is 5.32 Å². The molecule has 5 nitrogen and oxygen atoms in total. The number of hydrogen-bond acceptors (Lipinski definition) is 4. The number of nitro benzene ring substituents is 1. The molecule has 23 heavy (non-hydrogen) atoms. The number of nitrogens with one attached hydrogen (secondary N) is 1. The van der Waals surface area contributed by atoms with E-state index >= 15 is 0 Å². The van der Waals surface area contributed by atoms with E-state index in [9.17, 15) is 14.9 Å². The highest BCUT2D eigenvalue weighted by Gasteiger charge is 2.16.